The van der Waals surface area contributed by atoms with Gasteiger partial charge in [0.1, 0.15) is 5.82 Å². The van der Waals surface area contributed by atoms with Crippen molar-refractivity contribution in [1.82, 2.24) is 0 Å². The second kappa shape index (κ2) is 5.49. The maximum Gasteiger partial charge on any atom is 0.231 e. The first-order valence-corrected chi connectivity index (χ1v) is 7.28. The third-order valence-electron chi connectivity index (χ3n) is 3.83. The molecule has 0 saturated heterocycles. The summed E-state index contributed by atoms with van der Waals surface area (Å²) in [5.41, 5.74) is 2.47. The van der Waals surface area contributed by atoms with Crippen molar-refractivity contribution < 1.29 is 9.18 Å². The first-order valence-electron chi connectivity index (χ1n) is 6.90. The molecule has 0 radical (unpaired) electrons. The normalized spacial score (nSPS) is 16.9. The molecule has 0 spiro atoms. The fourth-order valence-electron chi connectivity index (χ4n) is 2.86. The lowest BCUT2D eigenvalue weighted by Gasteiger charge is -2.23. The van der Waals surface area contributed by atoms with E-state index in [1.807, 2.05) is 31.2 Å². The number of fused-ring (bicyclic) bond motifs is 1. The molecule has 21 heavy (non-hydrogen) atoms. The van der Waals surface area contributed by atoms with E-state index in [0.717, 1.165) is 17.7 Å². The Bertz CT molecular complexity index is 701. The van der Waals surface area contributed by atoms with E-state index in [2.05, 4.69) is 0 Å². The lowest BCUT2D eigenvalue weighted by atomic mass is 10.1. The minimum absolute atomic E-state index is 0.0433. The van der Waals surface area contributed by atoms with Crippen molar-refractivity contribution in [3.8, 4) is 0 Å². The number of rotatable bonds is 2. The molecule has 2 aromatic carbocycles. The van der Waals surface area contributed by atoms with E-state index in [0.29, 0.717) is 10.6 Å². The number of nitrogens with zero attached hydrogens (tertiary/aromatic N) is 1. The average Bonchev–Trinajstić information content (AvgIpc) is 2.77. The van der Waals surface area contributed by atoms with Crippen molar-refractivity contribution in [3.05, 3.63) is 64.4 Å². The Morgan fingerprint density at radius 2 is 2.10 bits per heavy atom. The lowest BCUT2D eigenvalue weighted by molar-refractivity contribution is -0.118. The number of hydrogen-bond acceptors (Lipinski definition) is 1. The largest absolute Gasteiger partial charge is 0.309 e. The number of carbonyl (C=O) groups excluding carboxylic acids is 1. The zero-order chi connectivity index (χ0) is 15.0. The summed E-state index contributed by atoms with van der Waals surface area (Å²) in [7, 11) is 0. The topological polar surface area (TPSA) is 20.3 Å². The molecule has 2 nitrogen and oxygen atoms in total. The van der Waals surface area contributed by atoms with Crippen LogP contribution in [0, 0.1) is 5.82 Å². The molecule has 3 rings (SSSR count). The molecule has 0 N–H and O–H groups in total. The molecule has 108 valence electrons. The van der Waals surface area contributed by atoms with Crippen molar-refractivity contribution in [3.63, 3.8) is 0 Å². The first-order chi connectivity index (χ1) is 10.1. The van der Waals surface area contributed by atoms with Gasteiger partial charge in [0, 0.05) is 16.8 Å². The molecule has 1 amide bonds. The Balaban J connectivity index is 1.86. The third-order valence-corrected chi connectivity index (χ3v) is 4.07. The van der Waals surface area contributed by atoms with Gasteiger partial charge in [0.15, 0.2) is 0 Å². The van der Waals surface area contributed by atoms with Gasteiger partial charge in [-0.25, -0.2) is 4.39 Å². The Kier molecular flexibility index (Phi) is 3.68. The van der Waals surface area contributed by atoms with Crippen LogP contribution in [0.1, 0.15) is 18.1 Å². The monoisotopic (exact) mass is 303 g/mol. The van der Waals surface area contributed by atoms with Gasteiger partial charge in [-0.2, -0.15) is 0 Å². The van der Waals surface area contributed by atoms with Crippen LogP contribution >= 0.6 is 11.6 Å². The highest BCUT2D eigenvalue weighted by Crippen LogP contribution is 2.32. The van der Waals surface area contributed by atoms with Gasteiger partial charge in [0.25, 0.3) is 0 Å². The van der Waals surface area contributed by atoms with Crippen LogP contribution in [-0.2, 0) is 17.6 Å². The Hall–Kier alpha value is -1.87. The van der Waals surface area contributed by atoms with Crippen LogP contribution in [0.25, 0.3) is 0 Å². The highest BCUT2D eigenvalue weighted by molar-refractivity contribution is 6.30. The number of benzene rings is 2. The van der Waals surface area contributed by atoms with Crippen LogP contribution < -0.4 is 4.90 Å². The van der Waals surface area contributed by atoms with E-state index in [1.54, 1.807) is 17.0 Å². The third kappa shape index (κ3) is 2.66. The van der Waals surface area contributed by atoms with Gasteiger partial charge in [-0.05, 0) is 42.7 Å². The number of anilines is 1. The zero-order valence-corrected chi connectivity index (χ0v) is 12.4. The molecule has 1 unspecified atom stereocenters. The molecule has 1 atom stereocenters. The van der Waals surface area contributed by atoms with Crippen molar-refractivity contribution in [2.75, 3.05) is 4.90 Å². The summed E-state index contributed by atoms with van der Waals surface area (Å²) < 4.78 is 13.8. The molecular formula is C17H15ClFNO. The molecule has 0 bridgehead atoms. The summed E-state index contributed by atoms with van der Waals surface area (Å²) in [6.45, 7) is 2.01. The molecule has 0 aliphatic carbocycles. The van der Waals surface area contributed by atoms with E-state index in [1.165, 1.54) is 6.07 Å². The number of halogens is 2. The second-order valence-corrected chi connectivity index (χ2v) is 5.79. The van der Waals surface area contributed by atoms with Gasteiger partial charge >= 0.3 is 0 Å². The van der Waals surface area contributed by atoms with Gasteiger partial charge < -0.3 is 4.90 Å². The molecule has 1 heterocycles. The fourth-order valence-corrected chi connectivity index (χ4v) is 3.02. The summed E-state index contributed by atoms with van der Waals surface area (Å²) in [5, 5.41) is 0.337. The molecule has 0 fully saturated rings. The SMILES string of the molecule is CC1Cc2ccccc2N1C(=O)Cc1ccc(Cl)cc1F. The first kappa shape index (κ1) is 14.1. The van der Waals surface area contributed by atoms with Crippen LogP contribution in [0.5, 0.6) is 0 Å². The van der Waals surface area contributed by atoms with E-state index in [9.17, 15) is 9.18 Å². The molecule has 4 heteroatoms. The molecular weight excluding hydrogens is 289 g/mol. The van der Waals surface area contributed by atoms with Gasteiger partial charge in [-0.15, -0.1) is 0 Å². The minimum atomic E-state index is -0.434. The van der Waals surface area contributed by atoms with Crippen LogP contribution in [0.2, 0.25) is 5.02 Å². The van der Waals surface area contributed by atoms with Crippen molar-refractivity contribution in [1.29, 1.82) is 0 Å². The van der Waals surface area contributed by atoms with E-state index in [-0.39, 0.29) is 18.4 Å². The Morgan fingerprint density at radius 3 is 2.86 bits per heavy atom. The molecule has 1 aliphatic heterocycles. The lowest BCUT2D eigenvalue weighted by Crippen LogP contribution is -2.36. The molecule has 0 saturated carbocycles. The summed E-state index contributed by atoms with van der Waals surface area (Å²) in [5.74, 6) is -0.523. The number of amides is 1. The van der Waals surface area contributed by atoms with Crippen molar-refractivity contribution in [2.24, 2.45) is 0 Å². The molecule has 1 aliphatic rings. The van der Waals surface area contributed by atoms with Crippen LogP contribution in [0.4, 0.5) is 10.1 Å². The molecule has 0 aromatic heterocycles. The number of carbonyl (C=O) groups is 1. The van der Waals surface area contributed by atoms with Gasteiger partial charge in [-0.1, -0.05) is 35.9 Å². The highest BCUT2D eigenvalue weighted by Gasteiger charge is 2.30. The maximum absolute atomic E-state index is 13.8. The van der Waals surface area contributed by atoms with Gasteiger partial charge in [0.05, 0.1) is 6.42 Å². The zero-order valence-electron chi connectivity index (χ0n) is 11.6. The van der Waals surface area contributed by atoms with Crippen LogP contribution in [-0.4, -0.2) is 11.9 Å². The number of hydrogen-bond donors (Lipinski definition) is 0. The average molecular weight is 304 g/mol. The summed E-state index contributed by atoms with van der Waals surface area (Å²) in [6, 6.07) is 12.4. The predicted molar refractivity (Wildman–Crippen MR) is 82.2 cm³/mol. The summed E-state index contributed by atoms with van der Waals surface area (Å²) in [4.78, 5) is 14.3. The number of para-hydroxylation sites is 1. The van der Waals surface area contributed by atoms with Gasteiger partial charge in [-0.3, -0.25) is 4.79 Å². The fraction of sp³-hybridized carbons (Fsp3) is 0.235. The van der Waals surface area contributed by atoms with E-state index < -0.39 is 5.82 Å². The van der Waals surface area contributed by atoms with Crippen LogP contribution in [0.15, 0.2) is 42.5 Å². The maximum atomic E-state index is 13.8. The quantitative estimate of drug-likeness (QED) is 0.821. The van der Waals surface area contributed by atoms with E-state index in [4.69, 9.17) is 11.6 Å². The highest BCUT2D eigenvalue weighted by atomic mass is 35.5. The summed E-state index contributed by atoms with van der Waals surface area (Å²) >= 11 is 5.74. The van der Waals surface area contributed by atoms with E-state index >= 15 is 0 Å². The van der Waals surface area contributed by atoms with Crippen molar-refractivity contribution in [2.45, 2.75) is 25.8 Å². The van der Waals surface area contributed by atoms with Crippen LogP contribution in [0.3, 0.4) is 0 Å². The second-order valence-electron chi connectivity index (χ2n) is 5.36. The standard InChI is InChI=1S/C17H15ClFNO/c1-11-8-13-4-2-3-5-16(13)20(11)17(21)9-12-6-7-14(18)10-15(12)19/h2-7,10-11H,8-9H2,1H3. The Morgan fingerprint density at radius 1 is 1.33 bits per heavy atom. The van der Waals surface area contributed by atoms with Gasteiger partial charge in [0.2, 0.25) is 5.91 Å². The predicted octanol–water partition coefficient (Wildman–Crippen LogP) is 4.00. The minimum Gasteiger partial charge on any atom is -0.309 e. The molecule has 2 aromatic rings. The van der Waals surface area contributed by atoms with Crippen molar-refractivity contribution >= 4 is 23.2 Å². The Labute approximate surface area is 128 Å². The smallest absolute Gasteiger partial charge is 0.231 e. The summed E-state index contributed by atoms with van der Waals surface area (Å²) in [6.07, 6.45) is 0.882.